The lowest BCUT2D eigenvalue weighted by molar-refractivity contribution is -0.135. The number of primary amides is 1. The molecule has 1 amide bonds. The van der Waals surface area contributed by atoms with Gasteiger partial charge >= 0.3 is 5.97 Å². The second kappa shape index (κ2) is 8.75. The van der Waals surface area contributed by atoms with E-state index in [9.17, 15) is 14.7 Å². The van der Waals surface area contributed by atoms with Crippen molar-refractivity contribution in [3.05, 3.63) is 89.6 Å². The van der Waals surface area contributed by atoms with Gasteiger partial charge in [0.25, 0.3) is 0 Å². The van der Waals surface area contributed by atoms with Crippen LogP contribution in [0.15, 0.2) is 83.9 Å². The first-order valence-corrected chi connectivity index (χ1v) is 10.5. The number of amides is 1. The Morgan fingerprint density at radius 3 is 2.58 bits per heavy atom. The minimum absolute atomic E-state index is 0.177. The molecule has 0 aliphatic rings. The van der Waals surface area contributed by atoms with Gasteiger partial charge in [-0.3, -0.25) is 9.59 Å². The zero-order valence-corrected chi connectivity index (χ0v) is 17.8. The van der Waals surface area contributed by atoms with Gasteiger partial charge in [-0.15, -0.1) is 0 Å². The van der Waals surface area contributed by atoms with Crippen molar-refractivity contribution in [2.45, 2.75) is 4.90 Å². The predicted molar refractivity (Wildman–Crippen MR) is 124 cm³/mol. The van der Waals surface area contributed by atoms with Gasteiger partial charge in [0.05, 0.1) is 5.52 Å². The first-order chi connectivity index (χ1) is 14.9. The fourth-order valence-electron chi connectivity index (χ4n) is 3.27. The first-order valence-electron chi connectivity index (χ1n) is 9.35. The minimum atomic E-state index is -0.935. The molecule has 0 spiro atoms. The molecule has 31 heavy (non-hydrogen) atoms. The first kappa shape index (κ1) is 20.8. The molecule has 3 aromatic carbocycles. The van der Waals surface area contributed by atoms with E-state index in [4.69, 9.17) is 17.3 Å². The maximum atomic E-state index is 11.5. The Balaban J connectivity index is 1.70. The van der Waals surface area contributed by atoms with Crippen LogP contribution in [0.5, 0.6) is 0 Å². The number of halogens is 1. The van der Waals surface area contributed by atoms with Crippen LogP contribution in [-0.2, 0) is 4.79 Å². The van der Waals surface area contributed by atoms with Gasteiger partial charge in [0.15, 0.2) is 0 Å². The van der Waals surface area contributed by atoms with E-state index < -0.39 is 11.9 Å². The molecule has 0 bridgehead atoms. The molecular weight excluding hydrogens is 434 g/mol. The lowest BCUT2D eigenvalue weighted by Gasteiger charge is -2.21. The normalized spacial score (nSPS) is 10.9. The molecular formula is C23H18ClN3O3S. The van der Waals surface area contributed by atoms with Gasteiger partial charge < -0.3 is 19.7 Å². The number of aromatic nitrogens is 1. The molecule has 8 heteroatoms. The molecule has 0 unspecified atom stereocenters. The summed E-state index contributed by atoms with van der Waals surface area (Å²) in [5, 5.41) is 10.9. The van der Waals surface area contributed by atoms with Crippen LogP contribution in [0.1, 0.15) is 10.4 Å². The zero-order valence-electron chi connectivity index (χ0n) is 16.2. The summed E-state index contributed by atoms with van der Waals surface area (Å²) in [7, 11) is 0. The minimum Gasteiger partial charge on any atom is -0.480 e. The number of carboxylic acid groups (broad SMARTS) is 1. The summed E-state index contributed by atoms with van der Waals surface area (Å²) < 4.78 is 3.66. The molecule has 1 aromatic heterocycles. The van der Waals surface area contributed by atoms with E-state index in [2.05, 4.69) is 0 Å². The van der Waals surface area contributed by atoms with E-state index in [1.165, 1.54) is 11.9 Å². The number of hydrogen-bond acceptors (Lipinski definition) is 4. The number of rotatable bonds is 7. The fraction of sp³-hybridized carbons (Fsp3) is 0.0435. The highest BCUT2D eigenvalue weighted by atomic mass is 35.5. The SMILES string of the molecule is NC(=O)c1cccc(-n2ccc3cc(N(CC(=O)O)Sc4cccc(Cl)c4)ccc32)c1. The highest BCUT2D eigenvalue weighted by molar-refractivity contribution is 8.00. The molecule has 3 N–H and O–H groups in total. The Kier molecular flexibility index (Phi) is 5.88. The number of hydrogen-bond donors (Lipinski definition) is 2. The lowest BCUT2D eigenvalue weighted by Crippen LogP contribution is -2.22. The lowest BCUT2D eigenvalue weighted by atomic mass is 10.2. The highest BCUT2D eigenvalue weighted by Gasteiger charge is 2.15. The van der Waals surface area contributed by atoms with Gasteiger partial charge in [-0.1, -0.05) is 23.7 Å². The van der Waals surface area contributed by atoms with Crippen LogP contribution in [0, 0.1) is 0 Å². The van der Waals surface area contributed by atoms with Crippen LogP contribution < -0.4 is 10.0 Å². The molecule has 4 rings (SSSR count). The summed E-state index contributed by atoms with van der Waals surface area (Å²) in [6, 6.07) is 22.0. The van der Waals surface area contributed by atoms with Gasteiger partial charge in [-0.2, -0.15) is 0 Å². The van der Waals surface area contributed by atoms with E-state index in [-0.39, 0.29) is 6.54 Å². The summed E-state index contributed by atoms with van der Waals surface area (Å²) in [4.78, 5) is 23.8. The molecule has 0 atom stereocenters. The Bertz CT molecular complexity index is 1290. The third-order valence-electron chi connectivity index (χ3n) is 4.66. The monoisotopic (exact) mass is 451 g/mol. The number of anilines is 1. The van der Waals surface area contributed by atoms with Gasteiger partial charge in [0.2, 0.25) is 5.91 Å². The van der Waals surface area contributed by atoms with Crippen LogP contribution in [0.4, 0.5) is 5.69 Å². The number of aliphatic carboxylic acids is 1. The maximum absolute atomic E-state index is 11.5. The second-order valence-electron chi connectivity index (χ2n) is 6.82. The van der Waals surface area contributed by atoms with E-state index in [1.807, 2.05) is 53.2 Å². The Hall–Kier alpha value is -3.42. The Morgan fingerprint density at radius 2 is 1.84 bits per heavy atom. The smallest absolute Gasteiger partial charge is 0.324 e. The number of carbonyl (C=O) groups is 2. The average molecular weight is 452 g/mol. The van der Waals surface area contributed by atoms with Crippen molar-refractivity contribution >= 4 is 52.0 Å². The average Bonchev–Trinajstić information content (AvgIpc) is 3.16. The van der Waals surface area contributed by atoms with Crippen LogP contribution in [0.2, 0.25) is 5.02 Å². The zero-order chi connectivity index (χ0) is 22.0. The van der Waals surface area contributed by atoms with Crippen molar-refractivity contribution in [2.24, 2.45) is 5.73 Å². The molecule has 0 saturated heterocycles. The van der Waals surface area contributed by atoms with Crippen LogP contribution in [-0.4, -0.2) is 28.1 Å². The fourth-order valence-corrected chi connectivity index (χ4v) is 4.49. The van der Waals surface area contributed by atoms with Gasteiger partial charge in [-0.05, 0) is 72.6 Å². The Labute approximate surface area is 188 Å². The molecule has 0 radical (unpaired) electrons. The van der Waals surface area contributed by atoms with Crippen molar-refractivity contribution in [1.82, 2.24) is 4.57 Å². The second-order valence-corrected chi connectivity index (χ2v) is 8.35. The number of benzene rings is 3. The van der Waals surface area contributed by atoms with Crippen molar-refractivity contribution in [2.75, 3.05) is 10.8 Å². The number of nitrogens with two attached hydrogens (primary N) is 1. The summed E-state index contributed by atoms with van der Waals surface area (Å²) in [6.07, 6.45) is 1.90. The van der Waals surface area contributed by atoms with Crippen molar-refractivity contribution < 1.29 is 14.7 Å². The van der Waals surface area contributed by atoms with Crippen molar-refractivity contribution in [3.63, 3.8) is 0 Å². The molecule has 0 saturated carbocycles. The van der Waals surface area contributed by atoms with Gasteiger partial charge in [-0.25, -0.2) is 0 Å². The summed E-state index contributed by atoms with van der Waals surface area (Å²) >= 11 is 7.38. The molecule has 0 aliphatic carbocycles. The Morgan fingerprint density at radius 1 is 1.03 bits per heavy atom. The van der Waals surface area contributed by atoms with Crippen molar-refractivity contribution in [3.8, 4) is 5.69 Å². The quantitative estimate of drug-likeness (QED) is 0.387. The molecule has 1 heterocycles. The number of carboxylic acids is 1. The van der Waals surface area contributed by atoms with Gasteiger partial charge in [0, 0.05) is 38.4 Å². The maximum Gasteiger partial charge on any atom is 0.324 e. The van der Waals surface area contributed by atoms with Gasteiger partial charge in [0.1, 0.15) is 6.54 Å². The standard InChI is InChI=1S/C23H18ClN3O3S/c24-17-4-2-6-20(13-17)31-27(14-22(28)29)19-7-8-21-15(11-19)9-10-26(21)18-5-1-3-16(12-18)23(25)30/h1-13H,14H2,(H2,25,30)(H,28,29). The van der Waals surface area contributed by atoms with Crippen LogP contribution >= 0.6 is 23.5 Å². The third-order valence-corrected chi connectivity index (χ3v) is 5.92. The molecule has 156 valence electrons. The summed E-state index contributed by atoms with van der Waals surface area (Å²) in [5.41, 5.74) is 8.33. The largest absolute Gasteiger partial charge is 0.480 e. The summed E-state index contributed by atoms with van der Waals surface area (Å²) in [6.45, 7) is -0.177. The third kappa shape index (κ3) is 4.68. The molecule has 0 fully saturated rings. The molecule has 4 aromatic rings. The molecule has 0 aliphatic heterocycles. The molecule has 6 nitrogen and oxygen atoms in total. The van der Waals surface area contributed by atoms with E-state index >= 15 is 0 Å². The summed E-state index contributed by atoms with van der Waals surface area (Å²) in [5.74, 6) is -1.42. The predicted octanol–water partition coefficient (Wildman–Crippen LogP) is 4.98. The van der Waals surface area contributed by atoms with Crippen LogP contribution in [0.25, 0.3) is 16.6 Å². The number of nitrogens with zero attached hydrogens (tertiary/aromatic N) is 2. The topological polar surface area (TPSA) is 88.6 Å². The number of fused-ring (bicyclic) bond motifs is 1. The van der Waals surface area contributed by atoms with E-state index in [0.717, 1.165) is 27.2 Å². The van der Waals surface area contributed by atoms with Crippen LogP contribution in [0.3, 0.4) is 0 Å². The highest BCUT2D eigenvalue weighted by Crippen LogP contribution is 2.33. The number of carbonyl (C=O) groups excluding carboxylic acids is 1. The van der Waals surface area contributed by atoms with Crippen molar-refractivity contribution in [1.29, 1.82) is 0 Å². The van der Waals surface area contributed by atoms with E-state index in [1.54, 1.807) is 34.6 Å². The van der Waals surface area contributed by atoms with E-state index in [0.29, 0.717) is 10.6 Å².